The number of rotatable bonds is 9. The minimum Gasteiger partial charge on any atom is -0.478 e. The van der Waals surface area contributed by atoms with Crippen LogP contribution in [0.2, 0.25) is 0 Å². The first-order valence-corrected chi connectivity index (χ1v) is 22.7. The van der Waals surface area contributed by atoms with Gasteiger partial charge < -0.3 is 9.47 Å². The quantitative estimate of drug-likeness (QED) is 0.143. The molecule has 2 atom stereocenters. The van der Waals surface area contributed by atoms with Crippen LogP contribution in [0.5, 0.6) is 11.5 Å². The molecule has 68 heavy (non-hydrogen) atoms. The lowest BCUT2D eigenvalue weighted by molar-refractivity contribution is 0.0769. The molecule has 10 aromatic rings. The summed E-state index contributed by atoms with van der Waals surface area (Å²) in [5, 5.41) is 0. The number of nitrogens with zero attached hydrogens (tertiary/aromatic N) is 5. The molecule has 322 valence electrons. The zero-order valence-corrected chi connectivity index (χ0v) is 36.7. The molecule has 2 unspecified atom stereocenters. The van der Waals surface area contributed by atoms with Gasteiger partial charge in [-0.2, -0.15) is 0 Å². The largest absolute Gasteiger partial charge is 0.478 e. The molecule has 7 heteroatoms. The lowest BCUT2D eigenvalue weighted by atomic mass is 9.92. The Hall–Kier alpha value is -9.07. The molecule has 4 heterocycles. The molecule has 1 aliphatic carbocycles. The average molecular weight is 876 g/mol. The van der Waals surface area contributed by atoms with Crippen LogP contribution in [0.3, 0.4) is 0 Å². The van der Waals surface area contributed by atoms with E-state index < -0.39 is 0 Å². The summed E-state index contributed by atoms with van der Waals surface area (Å²) >= 11 is 0. The molecule has 0 amide bonds. The van der Waals surface area contributed by atoms with Gasteiger partial charge in [0.05, 0.1) is 5.56 Å². The number of benzene rings is 7. The van der Waals surface area contributed by atoms with E-state index in [1.807, 2.05) is 85.5 Å². The maximum atomic E-state index is 6.96. The van der Waals surface area contributed by atoms with Gasteiger partial charge >= 0.3 is 0 Å². The molecule has 0 fully saturated rings. The Morgan fingerprint density at radius 3 is 1.15 bits per heavy atom. The van der Waals surface area contributed by atoms with E-state index >= 15 is 0 Å². The third-order valence-electron chi connectivity index (χ3n) is 12.5. The summed E-state index contributed by atoms with van der Waals surface area (Å²) in [7, 11) is 0. The van der Waals surface area contributed by atoms with Gasteiger partial charge in [-0.3, -0.25) is 9.97 Å². The Morgan fingerprint density at radius 1 is 0.279 bits per heavy atom. The summed E-state index contributed by atoms with van der Waals surface area (Å²) < 4.78 is 13.9. The van der Waals surface area contributed by atoms with Gasteiger partial charge in [-0.15, -0.1) is 0 Å². The highest BCUT2D eigenvalue weighted by atomic mass is 16.6. The first kappa shape index (κ1) is 40.4. The van der Waals surface area contributed by atoms with E-state index in [2.05, 4.69) is 162 Å². The van der Waals surface area contributed by atoms with Crippen molar-refractivity contribution in [1.82, 2.24) is 24.9 Å². The molecule has 0 saturated heterocycles. The van der Waals surface area contributed by atoms with E-state index in [-0.39, 0.29) is 12.2 Å². The van der Waals surface area contributed by atoms with Crippen molar-refractivity contribution in [3.63, 3.8) is 0 Å². The molecule has 3 aromatic heterocycles. The standard InChI is InChI=1S/C61H41N5O2/c1-3-11-40(12-4-1)46-15-9-17-48(35-46)59-64-60(49-18-10-16-47(36-49)41-13-5-2-6-14-41)66-61(65-59)54-26-25-53(57-58(54)68-56-20-8-7-19-55(56)67-57)45-23-21-42(22-24-45)50-37-51(43-27-31-62-32-28-43)39-52(38-50)44-29-33-63-34-30-44/h1-39,55-56H. The van der Waals surface area contributed by atoms with Gasteiger partial charge in [-0.1, -0.05) is 133 Å². The Balaban J connectivity index is 0.981. The van der Waals surface area contributed by atoms with Crippen molar-refractivity contribution in [2.24, 2.45) is 0 Å². The maximum Gasteiger partial charge on any atom is 0.174 e. The highest BCUT2D eigenvalue weighted by Crippen LogP contribution is 2.49. The predicted molar refractivity (Wildman–Crippen MR) is 271 cm³/mol. The summed E-state index contributed by atoms with van der Waals surface area (Å²) in [4.78, 5) is 24.2. The third-order valence-corrected chi connectivity index (χ3v) is 12.5. The lowest BCUT2D eigenvalue weighted by Crippen LogP contribution is -2.38. The van der Waals surface area contributed by atoms with Gasteiger partial charge in [0.1, 0.15) is 0 Å². The molecule has 0 N–H and O–H groups in total. The van der Waals surface area contributed by atoms with Gasteiger partial charge in [0.2, 0.25) is 0 Å². The molecule has 7 nitrogen and oxygen atoms in total. The predicted octanol–water partition coefficient (Wildman–Crippen LogP) is 14.3. The van der Waals surface area contributed by atoms with E-state index in [9.17, 15) is 0 Å². The lowest BCUT2D eigenvalue weighted by Gasteiger charge is -2.34. The van der Waals surface area contributed by atoms with Crippen LogP contribution in [-0.2, 0) is 0 Å². The smallest absolute Gasteiger partial charge is 0.174 e. The van der Waals surface area contributed by atoms with E-state index in [1.54, 1.807) is 0 Å². The van der Waals surface area contributed by atoms with Crippen LogP contribution in [0.4, 0.5) is 0 Å². The van der Waals surface area contributed by atoms with Crippen LogP contribution in [-0.4, -0.2) is 37.1 Å². The van der Waals surface area contributed by atoms with E-state index in [0.717, 1.165) is 77.9 Å². The molecule has 12 rings (SSSR count). The molecule has 0 spiro atoms. The van der Waals surface area contributed by atoms with E-state index in [1.165, 1.54) is 0 Å². The van der Waals surface area contributed by atoms with Gasteiger partial charge in [-0.05, 0) is 140 Å². The number of hydrogen-bond donors (Lipinski definition) is 0. The van der Waals surface area contributed by atoms with Crippen molar-refractivity contribution in [2.75, 3.05) is 0 Å². The minimum atomic E-state index is -0.336. The van der Waals surface area contributed by atoms with Crippen LogP contribution in [0.15, 0.2) is 237 Å². The summed E-state index contributed by atoms with van der Waals surface area (Å²) in [6.07, 6.45) is 14.8. The molecule has 0 radical (unpaired) electrons. The van der Waals surface area contributed by atoms with Crippen molar-refractivity contribution in [1.29, 1.82) is 0 Å². The normalized spacial score (nSPS) is 14.6. The van der Waals surface area contributed by atoms with Crippen molar-refractivity contribution >= 4 is 0 Å². The summed E-state index contributed by atoms with van der Waals surface area (Å²) in [6, 6.07) is 65.1. The second kappa shape index (κ2) is 17.7. The maximum absolute atomic E-state index is 6.96. The number of aromatic nitrogens is 5. The number of ether oxygens (including phenoxy) is 2. The van der Waals surface area contributed by atoms with Gasteiger partial charge in [0.15, 0.2) is 41.2 Å². The summed E-state index contributed by atoms with van der Waals surface area (Å²) in [6.45, 7) is 0. The zero-order chi connectivity index (χ0) is 45.2. The first-order chi connectivity index (χ1) is 33.7. The topological polar surface area (TPSA) is 82.9 Å². The fourth-order valence-corrected chi connectivity index (χ4v) is 9.00. The highest BCUT2D eigenvalue weighted by Gasteiger charge is 2.34. The van der Waals surface area contributed by atoms with Gasteiger partial charge in [-0.25, -0.2) is 15.0 Å². The zero-order valence-electron chi connectivity index (χ0n) is 36.7. The van der Waals surface area contributed by atoms with Crippen LogP contribution in [0.1, 0.15) is 0 Å². The van der Waals surface area contributed by atoms with Crippen LogP contribution in [0.25, 0.3) is 101 Å². The highest BCUT2D eigenvalue weighted by molar-refractivity contribution is 5.86. The SMILES string of the molecule is C1=CC2Oc3c(-c4ccc(-c5cc(-c6ccncc6)cc(-c6ccncc6)c5)cc4)ccc(-c4nc(-c5cccc(-c6ccccc6)c5)nc(-c5cccc(-c6ccccc6)c5)n4)c3OC2C=C1. The molecule has 1 aliphatic heterocycles. The molecular formula is C61H41N5O2. The van der Waals surface area contributed by atoms with Crippen LogP contribution >= 0.6 is 0 Å². The number of fused-ring (bicyclic) bond motifs is 2. The molecular weight excluding hydrogens is 835 g/mol. The van der Waals surface area contributed by atoms with Crippen molar-refractivity contribution in [2.45, 2.75) is 12.2 Å². The fourth-order valence-electron chi connectivity index (χ4n) is 9.00. The monoisotopic (exact) mass is 875 g/mol. The van der Waals surface area contributed by atoms with Crippen molar-refractivity contribution < 1.29 is 9.47 Å². The second-order valence-corrected chi connectivity index (χ2v) is 16.8. The molecule has 0 bridgehead atoms. The van der Waals surface area contributed by atoms with Crippen molar-refractivity contribution in [3.8, 4) is 112 Å². The van der Waals surface area contributed by atoms with Gasteiger partial charge in [0.25, 0.3) is 0 Å². The molecule has 7 aromatic carbocycles. The molecule has 0 saturated carbocycles. The van der Waals surface area contributed by atoms with Crippen LogP contribution in [0, 0.1) is 0 Å². The van der Waals surface area contributed by atoms with E-state index in [0.29, 0.717) is 34.5 Å². The number of allylic oxidation sites excluding steroid dienone is 2. The average Bonchev–Trinajstić information content (AvgIpc) is 3.43. The first-order valence-electron chi connectivity index (χ1n) is 22.7. The van der Waals surface area contributed by atoms with Crippen molar-refractivity contribution in [3.05, 3.63) is 237 Å². The minimum absolute atomic E-state index is 0.311. The third kappa shape index (κ3) is 8.03. The summed E-state index contributed by atoms with van der Waals surface area (Å²) in [5.41, 5.74) is 15.3. The number of pyridine rings is 2. The fraction of sp³-hybridized carbons (Fsp3) is 0.0328. The molecule has 2 aliphatic rings. The Labute approximate surface area is 394 Å². The van der Waals surface area contributed by atoms with Gasteiger partial charge in [0, 0.05) is 41.5 Å². The Bertz CT molecular complexity index is 3350. The second-order valence-electron chi connectivity index (χ2n) is 16.8. The Morgan fingerprint density at radius 2 is 0.647 bits per heavy atom. The number of hydrogen-bond acceptors (Lipinski definition) is 7. The Kier molecular flexibility index (Phi) is 10.5. The summed E-state index contributed by atoms with van der Waals surface area (Å²) in [5.74, 6) is 2.80. The van der Waals surface area contributed by atoms with E-state index in [4.69, 9.17) is 24.4 Å². The van der Waals surface area contributed by atoms with Crippen LogP contribution < -0.4 is 9.47 Å².